The Morgan fingerprint density at radius 2 is 1.94 bits per heavy atom. The lowest BCUT2D eigenvalue weighted by molar-refractivity contribution is -0.274. The Morgan fingerprint density at radius 3 is 2.65 bits per heavy atom. The molecule has 3 N–H and O–H groups in total. The van der Waals surface area contributed by atoms with Gasteiger partial charge in [0.1, 0.15) is 5.75 Å². The molecule has 2 heterocycles. The van der Waals surface area contributed by atoms with Crippen LogP contribution in [0.4, 0.5) is 24.5 Å². The number of nitrogens with two attached hydrogens (primary N) is 1. The van der Waals surface area contributed by atoms with Crippen molar-refractivity contribution in [2.75, 3.05) is 11.1 Å². The summed E-state index contributed by atoms with van der Waals surface area (Å²) in [5, 5.41) is 12.9. The van der Waals surface area contributed by atoms with Crippen LogP contribution in [-0.2, 0) is 17.8 Å². The lowest BCUT2D eigenvalue weighted by Gasteiger charge is -2.09. The first kappa shape index (κ1) is 23.3. The number of halogens is 3. The second kappa shape index (κ2) is 9.96. The first-order valence-corrected chi connectivity index (χ1v) is 11.1. The minimum absolute atomic E-state index is 0.185. The van der Waals surface area contributed by atoms with E-state index in [-0.39, 0.29) is 18.1 Å². The van der Waals surface area contributed by atoms with E-state index in [9.17, 15) is 18.0 Å². The fourth-order valence-electron chi connectivity index (χ4n) is 3.23. The Kier molecular flexibility index (Phi) is 6.82. The van der Waals surface area contributed by atoms with Crippen LogP contribution in [0.1, 0.15) is 17.7 Å². The number of ether oxygens (including phenoxy) is 1. The molecule has 2 aromatic carbocycles. The second-order valence-corrected chi connectivity index (χ2v) is 8.37. The molecule has 0 atom stereocenters. The van der Waals surface area contributed by atoms with Crippen molar-refractivity contribution < 1.29 is 22.7 Å². The predicted octanol–water partition coefficient (Wildman–Crippen LogP) is 5.11. The molecule has 0 aliphatic carbocycles. The molecule has 0 aliphatic heterocycles. The molecule has 0 saturated heterocycles. The first-order valence-electron chi connectivity index (χ1n) is 10.2. The zero-order valence-electron chi connectivity index (χ0n) is 17.7. The highest BCUT2D eigenvalue weighted by Crippen LogP contribution is 2.30. The van der Waals surface area contributed by atoms with Crippen LogP contribution in [0.2, 0.25) is 0 Å². The van der Waals surface area contributed by atoms with Gasteiger partial charge in [-0.25, -0.2) is 4.68 Å². The Labute approximate surface area is 197 Å². The number of nitrogens with one attached hydrogen (secondary N) is 1. The van der Waals surface area contributed by atoms with Crippen molar-refractivity contribution in [3.05, 3.63) is 77.4 Å². The largest absolute Gasteiger partial charge is 0.573 e. The zero-order valence-corrected chi connectivity index (χ0v) is 18.6. The summed E-state index contributed by atoms with van der Waals surface area (Å²) in [5.74, 6) is -0.493. The number of aromatic nitrogens is 3. The molecule has 1 amide bonds. The Balaban J connectivity index is 1.30. The van der Waals surface area contributed by atoms with Crippen LogP contribution in [0.5, 0.6) is 5.75 Å². The summed E-state index contributed by atoms with van der Waals surface area (Å²) in [6, 6.07) is 15.0. The molecule has 2 aromatic heterocycles. The van der Waals surface area contributed by atoms with Crippen LogP contribution in [0.15, 0.2) is 66.2 Å². The van der Waals surface area contributed by atoms with Gasteiger partial charge in [0.05, 0.1) is 23.6 Å². The van der Waals surface area contributed by atoms with E-state index in [1.165, 1.54) is 24.3 Å². The van der Waals surface area contributed by atoms with Gasteiger partial charge in [0.2, 0.25) is 5.91 Å². The third-order valence-electron chi connectivity index (χ3n) is 4.83. The van der Waals surface area contributed by atoms with E-state index in [2.05, 4.69) is 20.4 Å². The van der Waals surface area contributed by atoms with Crippen molar-refractivity contribution in [2.45, 2.75) is 25.7 Å². The number of hydrogen-bond donors (Lipinski definition) is 2. The lowest BCUT2D eigenvalue weighted by Crippen LogP contribution is -2.17. The van der Waals surface area contributed by atoms with Crippen LogP contribution >= 0.6 is 11.3 Å². The molecule has 0 fully saturated rings. The molecule has 4 rings (SSSR count). The number of alkyl halides is 3. The number of rotatable bonds is 8. The smallest absolute Gasteiger partial charge is 0.406 e. The van der Waals surface area contributed by atoms with Crippen LogP contribution in [-0.4, -0.2) is 27.3 Å². The summed E-state index contributed by atoms with van der Waals surface area (Å²) >= 11 is 1.60. The van der Waals surface area contributed by atoms with Crippen molar-refractivity contribution >= 4 is 28.6 Å². The number of anilines is 2. The number of hydrogen-bond acceptors (Lipinski definition) is 6. The molecule has 0 radical (unpaired) electrons. The molecule has 176 valence electrons. The number of nitrogens with zero attached hydrogens (tertiary/aromatic N) is 3. The van der Waals surface area contributed by atoms with Crippen molar-refractivity contribution in [1.82, 2.24) is 15.0 Å². The Hall–Kier alpha value is -3.86. The van der Waals surface area contributed by atoms with Gasteiger partial charge >= 0.3 is 6.36 Å². The highest BCUT2D eigenvalue weighted by atomic mass is 32.1. The van der Waals surface area contributed by atoms with Gasteiger partial charge in [-0.3, -0.25) is 4.79 Å². The molecule has 0 bridgehead atoms. The summed E-state index contributed by atoms with van der Waals surface area (Å²) in [6.45, 7) is 0.317. The topological polar surface area (TPSA) is 95.1 Å². The second-order valence-electron chi connectivity index (χ2n) is 7.43. The molecule has 0 aliphatic rings. The normalized spacial score (nSPS) is 11.4. The number of thiophene rings is 1. The number of amides is 1. The SMILES string of the molecule is Nc1ccc(-c2cccs2)cc1NC(=O)CCc1cn(Cc2ccc(OC(F)(F)F)cc2)nn1. The molecule has 0 saturated carbocycles. The summed E-state index contributed by atoms with van der Waals surface area (Å²) in [5.41, 5.74) is 9.36. The monoisotopic (exact) mass is 487 g/mol. The molecule has 34 heavy (non-hydrogen) atoms. The fraction of sp³-hybridized carbons (Fsp3) is 0.174. The van der Waals surface area contributed by atoms with Crippen molar-refractivity contribution in [3.63, 3.8) is 0 Å². The number of carbonyl (C=O) groups is 1. The number of nitrogen functional groups attached to an aromatic ring is 1. The molecule has 0 spiro atoms. The quantitative estimate of drug-likeness (QED) is 0.337. The summed E-state index contributed by atoms with van der Waals surface area (Å²) in [4.78, 5) is 13.5. The average Bonchev–Trinajstić information content (AvgIpc) is 3.47. The van der Waals surface area contributed by atoms with Gasteiger partial charge in [-0.05, 0) is 46.8 Å². The molecular weight excluding hydrogens is 467 g/mol. The maximum absolute atomic E-state index is 12.5. The van der Waals surface area contributed by atoms with E-state index in [0.29, 0.717) is 30.0 Å². The molecular formula is C23H20F3N5O2S. The molecule has 7 nitrogen and oxygen atoms in total. The van der Waals surface area contributed by atoms with E-state index in [1.807, 2.05) is 29.6 Å². The number of benzene rings is 2. The highest BCUT2D eigenvalue weighted by Gasteiger charge is 2.30. The fourth-order valence-corrected chi connectivity index (χ4v) is 3.95. The van der Waals surface area contributed by atoms with Crippen molar-refractivity contribution in [2.24, 2.45) is 0 Å². The Morgan fingerprint density at radius 1 is 1.15 bits per heavy atom. The van der Waals surface area contributed by atoms with Crippen molar-refractivity contribution in [1.29, 1.82) is 0 Å². The van der Waals surface area contributed by atoms with Gasteiger partial charge in [-0.2, -0.15) is 0 Å². The van der Waals surface area contributed by atoms with E-state index >= 15 is 0 Å². The van der Waals surface area contributed by atoms with E-state index in [0.717, 1.165) is 16.0 Å². The molecule has 0 unspecified atom stereocenters. The summed E-state index contributed by atoms with van der Waals surface area (Å²) in [7, 11) is 0. The molecule has 11 heteroatoms. The minimum atomic E-state index is -4.73. The lowest BCUT2D eigenvalue weighted by atomic mass is 10.1. The summed E-state index contributed by atoms with van der Waals surface area (Å²) in [6.07, 6.45) is -2.48. The van der Waals surface area contributed by atoms with Gasteiger partial charge in [0.25, 0.3) is 0 Å². The van der Waals surface area contributed by atoms with Crippen LogP contribution in [0.3, 0.4) is 0 Å². The van der Waals surface area contributed by atoms with Crippen LogP contribution in [0, 0.1) is 0 Å². The molecule has 4 aromatic rings. The van der Waals surface area contributed by atoms with Gasteiger partial charge in [0.15, 0.2) is 0 Å². The minimum Gasteiger partial charge on any atom is -0.406 e. The average molecular weight is 488 g/mol. The van der Waals surface area contributed by atoms with E-state index < -0.39 is 6.36 Å². The van der Waals surface area contributed by atoms with Gasteiger partial charge in [0, 0.05) is 23.9 Å². The zero-order chi connectivity index (χ0) is 24.1. The van der Waals surface area contributed by atoms with E-state index in [1.54, 1.807) is 28.3 Å². The standard InChI is InChI=1S/C23H20F3N5O2S/c24-23(25,26)33-18-7-3-15(4-8-18)13-31-14-17(29-30-31)6-10-22(32)28-20-12-16(5-9-19(20)27)21-2-1-11-34-21/h1-5,7-9,11-12,14H,6,10,13,27H2,(H,28,32). The van der Waals surface area contributed by atoms with Gasteiger partial charge < -0.3 is 15.8 Å². The highest BCUT2D eigenvalue weighted by molar-refractivity contribution is 7.13. The third kappa shape index (κ3) is 6.35. The van der Waals surface area contributed by atoms with Crippen LogP contribution < -0.4 is 15.8 Å². The summed E-state index contributed by atoms with van der Waals surface area (Å²) < 4.78 is 42.2. The van der Waals surface area contributed by atoms with Gasteiger partial charge in [-0.1, -0.05) is 29.5 Å². The van der Waals surface area contributed by atoms with Crippen LogP contribution in [0.25, 0.3) is 10.4 Å². The maximum Gasteiger partial charge on any atom is 0.573 e. The third-order valence-corrected chi connectivity index (χ3v) is 5.75. The van der Waals surface area contributed by atoms with Gasteiger partial charge in [-0.15, -0.1) is 29.6 Å². The van der Waals surface area contributed by atoms with E-state index in [4.69, 9.17) is 5.73 Å². The Bertz CT molecular complexity index is 1250. The first-order chi connectivity index (χ1) is 16.2. The number of aryl methyl sites for hydroxylation is 1. The maximum atomic E-state index is 12.5. The number of carbonyl (C=O) groups excluding carboxylic acids is 1. The predicted molar refractivity (Wildman–Crippen MR) is 123 cm³/mol. The van der Waals surface area contributed by atoms with Crippen molar-refractivity contribution in [3.8, 4) is 16.2 Å².